The quantitative estimate of drug-likeness (QED) is 0.315. The summed E-state index contributed by atoms with van der Waals surface area (Å²) >= 11 is 0. The molecule has 1 saturated heterocycles. The minimum absolute atomic E-state index is 0.0556. The first kappa shape index (κ1) is 25.0. The Labute approximate surface area is 194 Å². The molecule has 0 radical (unpaired) electrons. The molecule has 0 spiro atoms. The van der Waals surface area contributed by atoms with Gasteiger partial charge in [-0.1, -0.05) is 12.1 Å². The number of nitrogens with one attached hydrogen (secondary N) is 2. The molecule has 0 aromatic heterocycles. The van der Waals surface area contributed by atoms with E-state index in [9.17, 15) is 29.4 Å². The van der Waals surface area contributed by atoms with Crippen LogP contribution >= 0.6 is 0 Å². The molecule has 12 nitrogen and oxygen atoms in total. The molecule has 1 aromatic carbocycles. The van der Waals surface area contributed by atoms with Crippen molar-refractivity contribution >= 4 is 29.8 Å². The van der Waals surface area contributed by atoms with Gasteiger partial charge in [-0.25, -0.2) is 14.4 Å². The average molecular weight is 476 g/mol. The van der Waals surface area contributed by atoms with Crippen molar-refractivity contribution in [3.05, 3.63) is 47.7 Å². The van der Waals surface area contributed by atoms with Crippen LogP contribution in [0.4, 0.5) is 4.79 Å². The van der Waals surface area contributed by atoms with Gasteiger partial charge in [-0.15, -0.1) is 0 Å². The summed E-state index contributed by atoms with van der Waals surface area (Å²) in [5.74, 6) is -2.98. The molecule has 1 aromatic rings. The fourth-order valence-electron chi connectivity index (χ4n) is 3.71. The maximum Gasteiger partial charge on any atom is 0.428 e. The zero-order valence-corrected chi connectivity index (χ0v) is 18.6. The van der Waals surface area contributed by atoms with Crippen LogP contribution < -0.4 is 5.32 Å². The van der Waals surface area contributed by atoms with Gasteiger partial charge >= 0.3 is 23.9 Å². The molecule has 1 fully saturated rings. The summed E-state index contributed by atoms with van der Waals surface area (Å²) < 4.78 is 16.2. The number of carboxylic acid groups (broad SMARTS) is 1. The number of aliphatic hydroxyl groups excluding tert-OH is 1. The first-order valence-corrected chi connectivity index (χ1v) is 10.5. The zero-order valence-electron chi connectivity index (χ0n) is 18.6. The van der Waals surface area contributed by atoms with Crippen molar-refractivity contribution in [1.82, 2.24) is 5.32 Å². The molecule has 2 aliphatic heterocycles. The summed E-state index contributed by atoms with van der Waals surface area (Å²) in [5, 5.41) is 28.7. The van der Waals surface area contributed by atoms with Crippen molar-refractivity contribution < 1.29 is 48.1 Å². The summed E-state index contributed by atoms with van der Waals surface area (Å²) in [7, 11) is 1.50. The third-order valence-electron chi connectivity index (χ3n) is 5.43. The van der Waals surface area contributed by atoms with Crippen molar-refractivity contribution in [2.75, 3.05) is 13.7 Å². The van der Waals surface area contributed by atoms with Gasteiger partial charge in [0.15, 0.2) is 6.10 Å². The van der Waals surface area contributed by atoms with Crippen LogP contribution in [0.2, 0.25) is 0 Å². The van der Waals surface area contributed by atoms with E-state index in [1.54, 1.807) is 0 Å². The number of amidine groups is 1. The number of hydrogen-bond donors (Lipinski definition) is 4. The van der Waals surface area contributed by atoms with Crippen molar-refractivity contribution in [1.29, 1.82) is 5.41 Å². The fourth-order valence-corrected chi connectivity index (χ4v) is 3.71. The summed E-state index contributed by atoms with van der Waals surface area (Å²) in [6.45, 7) is 1.24. The third-order valence-corrected chi connectivity index (χ3v) is 5.43. The zero-order chi connectivity index (χ0) is 25.0. The van der Waals surface area contributed by atoms with E-state index in [4.69, 9.17) is 19.6 Å². The minimum Gasteiger partial charge on any atom is -0.478 e. The van der Waals surface area contributed by atoms with Gasteiger partial charge < -0.3 is 24.4 Å². The second kappa shape index (κ2) is 10.1. The number of esters is 2. The maximum absolute atomic E-state index is 12.9. The van der Waals surface area contributed by atoms with Gasteiger partial charge in [-0.05, 0) is 19.1 Å². The first-order chi connectivity index (χ1) is 16.0. The standard InChI is InChI=1S/C22H25N3O9/c1-12(26)9-18(27)32-11-13-10-16(19(33-13)25(2)8-7-17(23)24-22(25)31)34-21(30)15-6-4-3-5-14(15)20(28)29/h3-8,12-13,16,19,26H,9-11H2,1-2H3,(H2-,23,24,28,29,31)/p+1/t12-,13+,16-,19-,25?/m1/s1. The van der Waals surface area contributed by atoms with Gasteiger partial charge in [-0.2, -0.15) is 4.48 Å². The van der Waals surface area contributed by atoms with Crippen LogP contribution in [0.3, 0.4) is 0 Å². The van der Waals surface area contributed by atoms with Crippen molar-refractivity contribution in [3.63, 3.8) is 0 Å². The second-order valence-electron chi connectivity index (χ2n) is 8.22. The highest BCUT2D eigenvalue weighted by Crippen LogP contribution is 2.32. The molecule has 0 aliphatic carbocycles. The number of quaternary nitrogens is 1. The number of aliphatic hydroxyl groups is 1. The van der Waals surface area contributed by atoms with Crippen LogP contribution in [-0.4, -0.2) is 82.7 Å². The molecular weight excluding hydrogens is 450 g/mol. The number of hydrogen-bond acceptors (Lipinski definition) is 9. The van der Waals surface area contributed by atoms with Crippen LogP contribution in [0.15, 0.2) is 36.5 Å². The topological polar surface area (TPSA) is 172 Å². The summed E-state index contributed by atoms with van der Waals surface area (Å²) in [6.07, 6.45) is -1.07. The minimum atomic E-state index is -1.30. The monoisotopic (exact) mass is 476 g/mol. The number of carbonyl (C=O) groups is 4. The lowest BCUT2D eigenvalue weighted by atomic mass is 10.1. The smallest absolute Gasteiger partial charge is 0.428 e. The lowest BCUT2D eigenvalue weighted by Crippen LogP contribution is -2.62. The largest absolute Gasteiger partial charge is 0.478 e. The Kier molecular flexibility index (Phi) is 7.44. The van der Waals surface area contributed by atoms with Crippen molar-refractivity contribution in [2.45, 2.75) is 44.3 Å². The lowest BCUT2D eigenvalue weighted by Gasteiger charge is -2.36. The third kappa shape index (κ3) is 5.47. The molecule has 3 rings (SSSR count). The number of benzene rings is 1. The Morgan fingerprint density at radius 2 is 1.97 bits per heavy atom. The van der Waals surface area contributed by atoms with Gasteiger partial charge in [0.25, 0.3) is 0 Å². The number of carbonyl (C=O) groups excluding carboxylic acids is 3. The Morgan fingerprint density at radius 3 is 2.59 bits per heavy atom. The number of amides is 2. The van der Waals surface area contributed by atoms with Crippen LogP contribution in [0, 0.1) is 5.41 Å². The molecule has 2 amide bonds. The van der Waals surface area contributed by atoms with E-state index in [-0.39, 0.29) is 36.4 Å². The Balaban J connectivity index is 1.83. The van der Waals surface area contributed by atoms with Crippen LogP contribution in [0.1, 0.15) is 40.5 Å². The Hall–Kier alpha value is -3.61. The second-order valence-corrected chi connectivity index (χ2v) is 8.22. The van der Waals surface area contributed by atoms with E-state index >= 15 is 0 Å². The Bertz CT molecular complexity index is 1040. The number of ether oxygens (including phenoxy) is 3. The summed E-state index contributed by atoms with van der Waals surface area (Å²) in [4.78, 5) is 48.9. The highest BCUT2D eigenvalue weighted by molar-refractivity contribution is 6.03. The van der Waals surface area contributed by atoms with Crippen LogP contribution in [0.25, 0.3) is 0 Å². The predicted octanol–water partition coefficient (Wildman–Crippen LogP) is 1.00. The number of aromatic carboxylic acids is 1. The fraction of sp³-hybridized carbons (Fsp3) is 0.409. The molecule has 12 heteroatoms. The molecule has 1 unspecified atom stereocenters. The Morgan fingerprint density at radius 1 is 1.29 bits per heavy atom. The van der Waals surface area contributed by atoms with E-state index in [1.807, 2.05) is 0 Å². The summed E-state index contributed by atoms with van der Waals surface area (Å²) in [5.41, 5.74) is -0.403. The van der Waals surface area contributed by atoms with Gasteiger partial charge in [0.05, 0.1) is 30.7 Å². The van der Waals surface area contributed by atoms with E-state index in [0.717, 1.165) is 0 Å². The van der Waals surface area contributed by atoms with Gasteiger partial charge in [0, 0.05) is 12.5 Å². The molecular formula is C22H26N3O9+. The lowest BCUT2D eigenvalue weighted by molar-refractivity contribution is -0.835. The van der Waals surface area contributed by atoms with E-state index in [0.29, 0.717) is 0 Å². The summed E-state index contributed by atoms with van der Waals surface area (Å²) in [6, 6.07) is 4.96. The molecule has 5 atom stereocenters. The molecule has 2 heterocycles. The molecule has 4 N–H and O–H groups in total. The van der Waals surface area contributed by atoms with E-state index in [1.165, 1.54) is 50.5 Å². The molecule has 0 bridgehead atoms. The normalized spacial score (nSPS) is 27.1. The molecule has 0 saturated carbocycles. The highest BCUT2D eigenvalue weighted by atomic mass is 16.6. The number of nitrogens with zero attached hydrogens (tertiary/aromatic N) is 1. The van der Waals surface area contributed by atoms with Crippen LogP contribution in [-0.2, 0) is 19.0 Å². The maximum atomic E-state index is 12.9. The number of carboxylic acids is 1. The van der Waals surface area contributed by atoms with Gasteiger partial charge in [0.1, 0.15) is 24.7 Å². The average Bonchev–Trinajstić information content (AvgIpc) is 3.18. The van der Waals surface area contributed by atoms with Crippen molar-refractivity contribution in [2.24, 2.45) is 0 Å². The highest BCUT2D eigenvalue weighted by Gasteiger charge is 2.54. The van der Waals surface area contributed by atoms with Gasteiger partial charge in [0.2, 0.25) is 6.23 Å². The number of likely N-dealkylation sites (N-methyl/N-ethyl adjacent to an activating group) is 1. The number of urea groups is 1. The molecule has 182 valence electrons. The van der Waals surface area contributed by atoms with Crippen molar-refractivity contribution in [3.8, 4) is 0 Å². The predicted molar refractivity (Wildman–Crippen MR) is 115 cm³/mol. The van der Waals surface area contributed by atoms with E-state index < -0.39 is 53.0 Å². The molecule has 2 aliphatic rings. The molecule has 34 heavy (non-hydrogen) atoms. The first-order valence-electron chi connectivity index (χ1n) is 10.5. The van der Waals surface area contributed by atoms with Gasteiger partial charge in [-0.3, -0.25) is 15.5 Å². The SMILES string of the molecule is C[C@@H](O)CC(=O)OC[C@@H]1C[C@@H](OC(=O)c2ccccc2C(=O)O)[C@H]([N+]2(C)C=CC(=N)NC2=O)O1. The van der Waals surface area contributed by atoms with E-state index in [2.05, 4.69) is 5.32 Å². The van der Waals surface area contributed by atoms with Crippen LogP contribution in [0.5, 0.6) is 0 Å². The number of rotatable bonds is 8.